The summed E-state index contributed by atoms with van der Waals surface area (Å²) in [5.74, 6) is -0.0248. The van der Waals surface area contributed by atoms with Gasteiger partial charge in [-0.2, -0.15) is 5.26 Å². The van der Waals surface area contributed by atoms with Crippen molar-refractivity contribution in [3.8, 4) is 6.07 Å². The fraction of sp³-hybridized carbons (Fsp3) is 0.500. The summed E-state index contributed by atoms with van der Waals surface area (Å²) in [4.78, 5) is 4.23. The number of aryl methyl sites for hydroxylation is 1. The Morgan fingerprint density at radius 3 is 3.07 bits per heavy atom. The van der Waals surface area contributed by atoms with Crippen LogP contribution in [0.4, 0.5) is 0 Å². The Morgan fingerprint density at radius 2 is 2.40 bits per heavy atom. The van der Waals surface area contributed by atoms with Crippen LogP contribution in [0, 0.1) is 24.2 Å². The van der Waals surface area contributed by atoms with Crippen LogP contribution in [0.1, 0.15) is 30.2 Å². The average Bonchev–Trinajstić information content (AvgIpc) is 2.30. The van der Waals surface area contributed by atoms with Crippen LogP contribution in [0.15, 0.2) is 18.3 Å². The molecule has 1 aliphatic heterocycles. The molecule has 2 unspecified atom stereocenters. The van der Waals surface area contributed by atoms with Gasteiger partial charge in [-0.15, -0.1) is 0 Å². The minimum absolute atomic E-state index is 0.0248. The number of hydrogen-bond donors (Lipinski definition) is 0. The van der Waals surface area contributed by atoms with Crippen LogP contribution >= 0.6 is 0 Å². The molecule has 0 aliphatic carbocycles. The zero-order chi connectivity index (χ0) is 10.7. The van der Waals surface area contributed by atoms with Gasteiger partial charge in [-0.05, 0) is 25.8 Å². The van der Waals surface area contributed by atoms with Crippen LogP contribution in [0.5, 0.6) is 0 Å². The molecule has 1 saturated heterocycles. The molecule has 0 N–H and O–H groups in total. The molecule has 0 radical (unpaired) electrons. The molecule has 0 spiro atoms. The molecule has 2 rings (SSSR count). The third kappa shape index (κ3) is 2.16. The highest BCUT2D eigenvalue weighted by molar-refractivity contribution is 5.19. The van der Waals surface area contributed by atoms with Gasteiger partial charge in [0.1, 0.15) is 0 Å². The van der Waals surface area contributed by atoms with Crippen LogP contribution in [0.2, 0.25) is 0 Å². The Hall–Kier alpha value is -1.40. The number of hydrogen-bond acceptors (Lipinski definition) is 3. The molecule has 2 heterocycles. The summed E-state index contributed by atoms with van der Waals surface area (Å²) in [7, 11) is 0. The third-order valence-corrected chi connectivity index (χ3v) is 2.75. The zero-order valence-electron chi connectivity index (χ0n) is 8.81. The standard InChI is InChI=1S/C12H14N2O/c1-9-4-5-11(8-14-9)12-10(7-13)3-2-6-15-12/h4-5,8,10,12H,2-3,6H2,1H3. The van der Waals surface area contributed by atoms with E-state index in [1.54, 1.807) is 0 Å². The van der Waals surface area contributed by atoms with E-state index in [1.165, 1.54) is 0 Å². The minimum Gasteiger partial charge on any atom is -0.372 e. The summed E-state index contributed by atoms with van der Waals surface area (Å²) in [6.07, 6.45) is 3.63. The van der Waals surface area contributed by atoms with Gasteiger partial charge in [-0.3, -0.25) is 4.98 Å². The van der Waals surface area contributed by atoms with Crippen molar-refractivity contribution < 1.29 is 4.74 Å². The quantitative estimate of drug-likeness (QED) is 0.702. The molecule has 0 aromatic carbocycles. The highest BCUT2D eigenvalue weighted by Crippen LogP contribution is 2.32. The Morgan fingerprint density at radius 1 is 1.53 bits per heavy atom. The van der Waals surface area contributed by atoms with Gasteiger partial charge in [0.05, 0.1) is 18.1 Å². The molecule has 1 fully saturated rings. The maximum absolute atomic E-state index is 9.03. The van der Waals surface area contributed by atoms with E-state index >= 15 is 0 Å². The fourth-order valence-corrected chi connectivity index (χ4v) is 1.89. The van der Waals surface area contributed by atoms with E-state index in [0.29, 0.717) is 0 Å². The number of aromatic nitrogens is 1. The molecule has 3 nitrogen and oxygen atoms in total. The van der Waals surface area contributed by atoms with E-state index in [1.807, 2.05) is 25.3 Å². The topological polar surface area (TPSA) is 45.9 Å². The van der Waals surface area contributed by atoms with Crippen molar-refractivity contribution in [2.24, 2.45) is 5.92 Å². The molecule has 15 heavy (non-hydrogen) atoms. The van der Waals surface area contributed by atoms with Crippen LogP contribution in [0.3, 0.4) is 0 Å². The van der Waals surface area contributed by atoms with Crippen LogP contribution in [0.25, 0.3) is 0 Å². The number of nitriles is 1. The smallest absolute Gasteiger partial charge is 0.0997 e. The maximum Gasteiger partial charge on any atom is 0.0997 e. The molecule has 78 valence electrons. The molecular formula is C12H14N2O. The number of pyridine rings is 1. The number of nitrogens with zero attached hydrogens (tertiary/aromatic N) is 2. The first-order chi connectivity index (χ1) is 7.31. The van der Waals surface area contributed by atoms with Gasteiger partial charge in [-0.25, -0.2) is 0 Å². The molecule has 0 saturated carbocycles. The Labute approximate surface area is 89.7 Å². The van der Waals surface area contributed by atoms with Crippen LogP contribution in [-0.2, 0) is 4.74 Å². The molecule has 0 bridgehead atoms. The van der Waals surface area contributed by atoms with E-state index in [0.717, 1.165) is 30.7 Å². The predicted molar refractivity (Wildman–Crippen MR) is 56.0 cm³/mol. The summed E-state index contributed by atoms with van der Waals surface area (Å²) in [6, 6.07) is 6.28. The highest BCUT2D eigenvalue weighted by Gasteiger charge is 2.27. The van der Waals surface area contributed by atoms with Crippen LogP contribution in [-0.4, -0.2) is 11.6 Å². The van der Waals surface area contributed by atoms with Gasteiger partial charge in [0, 0.05) is 24.1 Å². The van der Waals surface area contributed by atoms with Crippen molar-refractivity contribution in [3.63, 3.8) is 0 Å². The van der Waals surface area contributed by atoms with Gasteiger partial charge in [0.2, 0.25) is 0 Å². The maximum atomic E-state index is 9.03. The molecular weight excluding hydrogens is 188 g/mol. The first-order valence-corrected chi connectivity index (χ1v) is 5.25. The largest absolute Gasteiger partial charge is 0.372 e. The lowest BCUT2D eigenvalue weighted by atomic mass is 9.91. The SMILES string of the molecule is Cc1ccc(C2OCCCC2C#N)cn1. The summed E-state index contributed by atoms with van der Waals surface area (Å²) in [5.41, 5.74) is 2.01. The van der Waals surface area contributed by atoms with Crippen molar-refractivity contribution in [2.75, 3.05) is 6.61 Å². The second-order valence-corrected chi connectivity index (χ2v) is 3.90. The van der Waals surface area contributed by atoms with Gasteiger partial charge in [0.25, 0.3) is 0 Å². The van der Waals surface area contributed by atoms with Crippen molar-refractivity contribution in [1.82, 2.24) is 4.98 Å². The Balaban J connectivity index is 2.21. The van der Waals surface area contributed by atoms with Crippen molar-refractivity contribution in [2.45, 2.75) is 25.9 Å². The second kappa shape index (κ2) is 4.41. The van der Waals surface area contributed by atoms with E-state index in [4.69, 9.17) is 10.00 Å². The van der Waals surface area contributed by atoms with Gasteiger partial charge >= 0.3 is 0 Å². The number of rotatable bonds is 1. The lowest BCUT2D eigenvalue weighted by Gasteiger charge is -2.27. The van der Waals surface area contributed by atoms with E-state index < -0.39 is 0 Å². The van der Waals surface area contributed by atoms with E-state index in [9.17, 15) is 0 Å². The van der Waals surface area contributed by atoms with E-state index in [-0.39, 0.29) is 12.0 Å². The van der Waals surface area contributed by atoms with Crippen molar-refractivity contribution in [1.29, 1.82) is 5.26 Å². The molecule has 2 atom stereocenters. The molecule has 1 aromatic rings. The first-order valence-electron chi connectivity index (χ1n) is 5.25. The summed E-state index contributed by atoms with van der Waals surface area (Å²) in [5, 5.41) is 9.03. The monoisotopic (exact) mass is 202 g/mol. The average molecular weight is 202 g/mol. The highest BCUT2D eigenvalue weighted by atomic mass is 16.5. The lowest BCUT2D eigenvalue weighted by Crippen LogP contribution is -2.21. The summed E-state index contributed by atoms with van der Waals surface area (Å²) in [6.45, 7) is 2.70. The third-order valence-electron chi connectivity index (χ3n) is 2.75. The number of ether oxygens (including phenoxy) is 1. The normalized spacial score (nSPS) is 25.9. The molecule has 0 amide bonds. The molecule has 3 heteroatoms. The first kappa shape index (κ1) is 10.1. The predicted octanol–water partition coefficient (Wildman–Crippen LogP) is 2.38. The van der Waals surface area contributed by atoms with E-state index in [2.05, 4.69) is 11.1 Å². The summed E-state index contributed by atoms with van der Waals surface area (Å²) >= 11 is 0. The summed E-state index contributed by atoms with van der Waals surface area (Å²) < 4.78 is 5.64. The van der Waals surface area contributed by atoms with Gasteiger partial charge < -0.3 is 4.74 Å². The molecule has 1 aromatic heterocycles. The Bertz CT molecular complexity index is 366. The van der Waals surface area contributed by atoms with Gasteiger partial charge in [0.15, 0.2) is 0 Å². The molecule has 1 aliphatic rings. The van der Waals surface area contributed by atoms with Crippen molar-refractivity contribution >= 4 is 0 Å². The zero-order valence-corrected chi connectivity index (χ0v) is 8.81. The van der Waals surface area contributed by atoms with Crippen LogP contribution < -0.4 is 0 Å². The lowest BCUT2D eigenvalue weighted by molar-refractivity contribution is -0.0103. The second-order valence-electron chi connectivity index (χ2n) is 3.90. The fourth-order valence-electron chi connectivity index (χ4n) is 1.89. The van der Waals surface area contributed by atoms with Crippen molar-refractivity contribution in [3.05, 3.63) is 29.6 Å². The Kier molecular flexibility index (Phi) is 2.98. The minimum atomic E-state index is -0.0863. The van der Waals surface area contributed by atoms with Gasteiger partial charge in [-0.1, -0.05) is 6.07 Å².